The smallest absolute Gasteiger partial charge is 0.191 e. The zero-order valence-corrected chi connectivity index (χ0v) is 18.3. The predicted octanol–water partition coefficient (Wildman–Crippen LogP) is 3.06. The average molecular weight is 472 g/mol. The fourth-order valence-corrected chi connectivity index (χ4v) is 3.06. The molecule has 2 rings (SSSR count). The van der Waals surface area contributed by atoms with Crippen molar-refractivity contribution in [3.63, 3.8) is 0 Å². The van der Waals surface area contributed by atoms with Gasteiger partial charge in [-0.25, -0.2) is 0 Å². The largest absolute Gasteiger partial charge is 0.383 e. The van der Waals surface area contributed by atoms with Crippen molar-refractivity contribution in [2.24, 2.45) is 10.9 Å². The lowest BCUT2D eigenvalue weighted by Gasteiger charge is -2.19. The number of nitrogens with one attached hydrogen (secondary N) is 2. The van der Waals surface area contributed by atoms with Gasteiger partial charge in [0.05, 0.1) is 12.6 Å². The molecule has 5 nitrogen and oxygen atoms in total. The fourth-order valence-electron chi connectivity index (χ4n) is 3.06. The summed E-state index contributed by atoms with van der Waals surface area (Å²) in [5.41, 5.74) is 1.25. The summed E-state index contributed by atoms with van der Waals surface area (Å²) in [7, 11) is 1.76. The zero-order chi connectivity index (χ0) is 17.9. The second kappa shape index (κ2) is 13.1. The molecule has 0 bridgehead atoms. The van der Waals surface area contributed by atoms with E-state index in [0.717, 1.165) is 38.7 Å². The van der Waals surface area contributed by atoms with Crippen LogP contribution in [0.25, 0.3) is 0 Å². The first kappa shape index (κ1) is 22.9. The lowest BCUT2D eigenvalue weighted by molar-refractivity contribution is 0.159. The summed E-state index contributed by atoms with van der Waals surface area (Å²) < 4.78 is 5.17. The summed E-state index contributed by atoms with van der Waals surface area (Å²) in [6.45, 7) is 11.6. The summed E-state index contributed by atoms with van der Waals surface area (Å²) >= 11 is 0. The van der Waals surface area contributed by atoms with Crippen molar-refractivity contribution in [2.45, 2.75) is 19.4 Å². The van der Waals surface area contributed by atoms with Gasteiger partial charge >= 0.3 is 0 Å². The molecule has 2 N–H and O–H groups in total. The molecule has 6 heteroatoms. The lowest BCUT2D eigenvalue weighted by Crippen LogP contribution is -2.39. The standard InChI is InChI=1S/C20H32N4O.HI/c1-4-11-21-20(23-17(2)19-8-6-5-7-9-19)22-15-18-10-12-24(16-18)13-14-25-3;/h4-9,17-18H,1,10-16H2,2-3H3,(H2,21,22,23);1H. The number of rotatable bonds is 9. The minimum Gasteiger partial charge on any atom is -0.383 e. The van der Waals surface area contributed by atoms with Crippen LogP contribution in [-0.4, -0.2) is 57.3 Å². The Morgan fingerprint density at radius 3 is 2.88 bits per heavy atom. The van der Waals surface area contributed by atoms with Crippen molar-refractivity contribution in [2.75, 3.05) is 46.4 Å². The van der Waals surface area contributed by atoms with Crippen LogP contribution in [0.4, 0.5) is 0 Å². The van der Waals surface area contributed by atoms with Crippen LogP contribution in [0.5, 0.6) is 0 Å². The summed E-state index contributed by atoms with van der Waals surface area (Å²) in [5.74, 6) is 1.47. The van der Waals surface area contributed by atoms with Crippen LogP contribution in [0.1, 0.15) is 24.9 Å². The molecule has 1 aromatic carbocycles. The van der Waals surface area contributed by atoms with Crippen molar-refractivity contribution in [1.82, 2.24) is 15.5 Å². The topological polar surface area (TPSA) is 48.9 Å². The zero-order valence-electron chi connectivity index (χ0n) is 16.0. The molecular formula is C20H33IN4O. The lowest BCUT2D eigenvalue weighted by atomic mass is 10.1. The van der Waals surface area contributed by atoms with E-state index in [-0.39, 0.29) is 30.0 Å². The molecule has 0 spiro atoms. The minimum atomic E-state index is 0. The molecule has 0 aliphatic carbocycles. The number of ether oxygens (including phenoxy) is 1. The predicted molar refractivity (Wildman–Crippen MR) is 120 cm³/mol. The average Bonchev–Trinajstić information content (AvgIpc) is 3.10. The van der Waals surface area contributed by atoms with Gasteiger partial charge in [-0.1, -0.05) is 36.4 Å². The Labute approximate surface area is 175 Å². The Balaban J connectivity index is 0.00000338. The highest BCUT2D eigenvalue weighted by atomic mass is 127. The maximum Gasteiger partial charge on any atom is 0.191 e. The third kappa shape index (κ3) is 8.05. The van der Waals surface area contributed by atoms with Crippen molar-refractivity contribution >= 4 is 29.9 Å². The Hall–Kier alpha value is -1.12. The van der Waals surface area contributed by atoms with E-state index in [4.69, 9.17) is 9.73 Å². The molecule has 0 amide bonds. The van der Waals surface area contributed by atoms with E-state index in [0.29, 0.717) is 12.5 Å². The Kier molecular flexibility index (Phi) is 11.6. The van der Waals surface area contributed by atoms with Crippen LogP contribution >= 0.6 is 24.0 Å². The van der Waals surface area contributed by atoms with Gasteiger partial charge in [-0.05, 0) is 31.4 Å². The normalized spacial score (nSPS) is 18.8. The first-order valence-electron chi connectivity index (χ1n) is 9.15. The number of likely N-dealkylation sites (tertiary alicyclic amines) is 1. The number of methoxy groups -OCH3 is 1. The second-order valence-electron chi connectivity index (χ2n) is 6.58. The number of benzene rings is 1. The molecular weight excluding hydrogens is 439 g/mol. The summed E-state index contributed by atoms with van der Waals surface area (Å²) in [4.78, 5) is 7.27. The molecule has 2 unspecified atom stereocenters. The highest BCUT2D eigenvalue weighted by molar-refractivity contribution is 14.0. The molecule has 1 heterocycles. The molecule has 1 aliphatic rings. The monoisotopic (exact) mass is 472 g/mol. The van der Waals surface area contributed by atoms with Gasteiger partial charge in [0.1, 0.15) is 0 Å². The van der Waals surface area contributed by atoms with E-state index >= 15 is 0 Å². The highest BCUT2D eigenvalue weighted by Gasteiger charge is 2.21. The van der Waals surface area contributed by atoms with Crippen molar-refractivity contribution in [3.05, 3.63) is 48.6 Å². The van der Waals surface area contributed by atoms with Gasteiger partial charge in [0, 0.05) is 33.3 Å². The summed E-state index contributed by atoms with van der Waals surface area (Å²) in [6.07, 6.45) is 3.06. The third-order valence-corrected chi connectivity index (χ3v) is 4.56. The van der Waals surface area contributed by atoms with Gasteiger partial charge in [-0.2, -0.15) is 0 Å². The van der Waals surface area contributed by atoms with Crippen LogP contribution in [0, 0.1) is 5.92 Å². The number of nitrogens with zero attached hydrogens (tertiary/aromatic N) is 2. The van der Waals surface area contributed by atoms with Gasteiger partial charge in [-0.3, -0.25) is 4.99 Å². The van der Waals surface area contributed by atoms with Crippen molar-refractivity contribution in [3.8, 4) is 0 Å². The van der Waals surface area contributed by atoms with E-state index in [1.807, 2.05) is 12.1 Å². The maximum absolute atomic E-state index is 5.17. The van der Waals surface area contributed by atoms with E-state index < -0.39 is 0 Å². The minimum absolute atomic E-state index is 0. The van der Waals surface area contributed by atoms with Gasteiger partial charge in [0.2, 0.25) is 0 Å². The van der Waals surface area contributed by atoms with Crippen LogP contribution in [-0.2, 0) is 4.74 Å². The van der Waals surface area contributed by atoms with Gasteiger partial charge in [0.25, 0.3) is 0 Å². The SMILES string of the molecule is C=CCNC(=NCC1CCN(CCOC)C1)NC(C)c1ccccc1.I. The molecule has 1 aliphatic heterocycles. The molecule has 26 heavy (non-hydrogen) atoms. The number of hydrogen-bond acceptors (Lipinski definition) is 3. The number of hydrogen-bond donors (Lipinski definition) is 2. The van der Waals surface area contributed by atoms with Crippen molar-refractivity contribution in [1.29, 1.82) is 0 Å². The van der Waals surface area contributed by atoms with Crippen LogP contribution in [0.3, 0.4) is 0 Å². The van der Waals surface area contributed by atoms with Crippen LogP contribution < -0.4 is 10.6 Å². The first-order valence-corrected chi connectivity index (χ1v) is 9.15. The Bertz CT molecular complexity index is 538. The second-order valence-corrected chi connectivity index (χ2v) is 6.58. The molecule has 0 radical (unpaired) electrons. The van der Waals surface area contributed by atoms with Gasteiger partial charge in [0.15, 0.2) is 5.96 Å². The van der Waals surface area contributed by atoms with E-state index in [2.05, 4.69) is 53.3 Å². The van der Waals surface area contributed by atoms with Crippen LogP contribution in [0.15, 0.2) is 48.0 Å². The van der Waals surface area contributed by atoms with E-state index in [1.54, 1.807) is 7.11 Å². The Morgan fingerprint density at radius 1 is 1.42 bits per heavy atom. The summed E-state index contributed by atoms with van der Waals surface area (Å²) in [5, 5.41) is 6.82. The molecule has 1 aromatic rings. The summed E-state index contributed by atoms with van der Waals surface area (Å²) in [6, 6.07) is 10.6. The number of aliphatic imine (C=N–C) groups is 1. The fraction of sp³-hybridized carbons (Fsp3) is 0.550. The molecule has 0 aromatic heterocycles. The maximum atomic E-state index is 5.17. The van der Waals surface area contributed by atoms with Crippen LogP contribution in [0.2, 0.25) is 0 Å². The molecule has 146 valence electrons. The molecule has 1 fully saturated rings. The van der Waals surface area contributed by atoms with Crippen molar-refractivity contribution < 1.29 is 4.74 Å². The Morgan fingerprint density at radius 2 is 2.19 bits per heavy atom. The van der Waals surface area contributed by atoms with Gasteiger partial charge in [-0.15, -0.1) is 30.6 Å². The first-order chi connectivity index (χ1) is 12.2. The quantitative estimate of drug-likeness (QED) is 0.251. The molecule has 1 saturated heterocycles. The number of halogens is 1. The molecule has 2 atom stereocenters. The highest BCUT2D eigenvalue weighted by Crippen LogP contribution is 2.16. The van der Waals surface area contributed by atoms with E-state index in [9.17, 15) is 0 Å². The van der Waals surface area contributed by atoms with E-state index in [1.165, 1.54) is 12.0 Å². The molecule has 0 saturated carbocycles. The third-order valence-electron chi connectivity index (χ3n) is 4.56. The van der Waals surface area contributed by atoms with Gasteiger partial charge < -0.3 is 20.3 Å². The number of guanidine groups is 1.